The molecule has 0 saturated carbocycles. The maximum Gasteiger partial charge on any atom is 0.238 e. The minimum atomic E-state index is 0.00766. The quantitative estimate of drug-likeness (QED) is 0.770. The van der Waals surface area contributed by atoms with Crippen molar-refractivity contribution in [1.29, 1.82) is 0 Å². The van der Waals surface area contributed by atoms with E-state index in [-0.39, 0.29) is 5.91 Å². The van der Waals surface area contributed by atoms with Gasteiger partial charge in [0.05, 0.1) is 6.54 Å². The lowest BCUT2D eigenvalue weighted by Gasteiger charge is -2.09. The minimum absolute atomic E-state index is 0.00766. The molecule has 4 nitrogen and oxygen atoms in total. The highest BCUT2D eigenvalue weighted by atomic mass is 16.5. The molecule has 1 unspecified atom stereocenters. The molecule has 1 aliphatic heterocycles. The molecule has 0 aliphatic carbocycles. The van der Waals surface area contributed by atoms with E-state index in [4.69, 9.17) is 4.74 Å². The summed E-state index contributed by atoms with van der Waals surface area (Å²) in [4.78, 5) is 11.7. The number of rotatable bonds is 6. The molecule has 0 aromatic heterocycles. The molecule has 4 heteroatoms. The summed E-state index contributed by atoms with van der Waals surface area (Å²) >= 11 is 0. The average Bonchev–Trinajstić information content (AvgIpc) is 2.88. The van der Waals surface area contributed by atoms with E-state index in [1.165, 1.54) is 0 Å². The number of amides is 1. The molecule has 1 aromatic carbocycles. The van der Waals surface area contributed by atoms with E-state index in [1.807, 2.05) is 31.2 Å². The van der Waals surface area contributed by atoms with Crippen molar-refractivity contribution in [3.05, 3.63) is 29.8 Å². The van der Waals surface area contributed by atoms with E-state index < -0.39 is 0 Å². The zero-order valence-corrected chi connectivity index (χ0v) is 11.4. The van der Waals surface area contributed by atoms with Crippen LogP contribution in [0, 0.1) is 12.8 Å². The number of benzene rings is 1. The van der Waals surface area contributed by atoms with E-state index in [0.29, 0.717) is 12.5 Å². The molecule has 0 spiro atoms. The Morgan fingerprint density at radius 1 is 1.47 bits per heavy atom. The summed E-state index contributed by atoms with van der Waals surface area (Å²) in [7, 11) is 0. The Morgan fingerprint density at radius 2 is 2.37 bits per heavy atom. The Kier molecular flexibility index (Phi) is 5.36. The molecule has 1 saturated heterocycles. The fourth-order valence-corrected chi connectivity index (χ4v) is 2.25. The van der Waals surface area contributed by atoms with Crippen LogP contribution in [0.25, 0.3) is 0 Å². The van der Waals surface area contributed by atoms with Crippen LogP contribution < -0.4 is 10.6 Å². The van der Waals surface area contributed by atoms with Crippen molar-refractivity contribution in [2.24, 2.45) is 5.92 Å². The van der Waals surface area contributed by atoms with Gasteiger partial charge in [0.1, 0.15) is 0 Å². The van der Waals surface area contributed by atoms with E-state index in [1.54, 1.807) is 0 Å². The van der Waals surface area contributed by atoms with Gasteiger partial charge < -0.3 is 15.4 Å². The maximum absolute atomic E-state index is 11.7. The number of anilines is 1. The first kappa shape index (κ1) is 14.0. The van der Waals surface area contributed by atoms with Gasteiger partial charge >= 0.3 is 0 Å². The second-order valence-electron chi connectivity index (χ2n) is 5.11. The van der Waals surface area contributed by atoms with Crippen molar-refractivity contribution in [3.8, 4) is 0 Å². The number of ether oxygens (including phenoxy) is 1. The summed E-state index contributed by atoms with van der Waals surface area (Å²) < 4.78 is 5.32. The lowest BCUT2D eigenvalue weighted by Crippen LogP contribution is -2.29. The topological polar surface area (TPSA) is 50.4 Å². The van der Waals surface area contributed by atoms with Crippen molar-refractivity contribution < 1.29 is 9.53 Å². The standard InChI is InChI=1S/C15H22N2O2/c1-12-3-2-4-14(9-12)17-15(18)10-16-7-5-13-6-8-19-11-13/h2-4,9,13,16H,5-8,10-11H2,1H3,(H,17,18). The predicted molar refractivity (Wildman–Crippen MR) is 76.2 cm³/mol. The maximum atomic E-state index is 11.7. The first-order valence-corrected chi connectivity index (χ1v) is 6.89. The van der Waals surface area contributed by atoms with Gasteiger partial charge in [-0.05, 0) is 49.9 Å². The van der Waals surface area contributed by atoms with Crippen molar-refractivity contribution in [1.82, 2.24) is 5.32 Å². The molecule has 0 bridgehead atoms. The SMILES string of the molecule is Cc1cccc(NC(=O)CNCCC2CCOC2)c1. The van der Waals surface area contributed by atoms with Gasteiger partial charge in [-0.15, -0.1) is 0 Å². The summed E-state index contributed by atoms with van der Waals surface area (Å²) in [5.74, 6) is 0.667. The molecule has 1 aliphatic rings. The highest BCUT2D eigenvalue weighted by molar-refractivity contribution is 5.92. The fraction of sp³-hybridized carbons (Fsp3) is 0.533. The summed E-state index contributed by atoms with van der Waals surface area (Å²) in [5.41, 5.74) is 2.00. The smallest absolute Gasteiger partial charge is 0.238 e. The van der Waals surface area contributed by atoms with Crippen LogP contribution in [0.3, 0.4) is 0 Å². The summed E-state index contributed by atoms with van der Waals surface area (Å²) in [5, 5.41) is 6.06. The van der Waals surface area contributed by atoms with Crippen LogP contribution in [0.2, 0.25) is 0 Å². The van der Waals surface area contributed by atoms with Crippen molar-refractivity contribution in [2.75, 3.05) is 31.6 Å². The van der Waals surface area contributed by atoms with Gasteiger partial charge in [-0.3, -0.25) is 4.79 Å². The van der Waals surface area contributed by atoms with Gasteiger partial charge in [0.25, 0.3) is 0 Å². The molecular formula is C15H22N2O2. The molecule has 2 rings (SSSR count). The lowest BCUT2D eigenvalue weighted by molar-refractivity contribution is -0.115. The summed E-state index contributed by atoms with van der Waals surface area (Å²) in [6, 6.07) is 7.82. The third kappa shape index (κ3) is 5.01. The number of aryl methyl sites for hydroxylation is 1. The van der Waals surface area contributed by atoms with Crippen LogP contribution in [0.5, 0.6) is 0 Å². The van der Waals surface area contributed by atoms with Crippen LogP contribution in [0.4, 0.5) is 5.69 Å². The first-order chi connectivity index (χ1) is 9.24. The van der Waals surface area contributed by atoms with Crippen molar-refractivity contribution >= 4 is 11.6 Å². The molecule has 0 radical (unpaired) electrons. The Hall–Kier alpha value is -1.39. The van der Waals surface area contributed by atoms with Crippen LogP contribution in [-0.2, 0) is 9.53 Å². The monoisotopic (exact) mass is 262 g/mol. The molecule has 1 heterocycles. The molecule has 1 amide bonds. The Bertz CT molecular complexity index is 414. The van der Waals surface area contributed by atoms with Crippen molar-refractivity contribution in [2.45, 2.75) is 19.8 Å². The Morgan fingerprint density at radius 3 is 3.11 bits per heavy atom. The molecule has 19 heavy (non-hydrogen) atoms. The predicted octanol–water partition coefficient (Wildman–Crippen LogP) is 1.95. The zero-order chi connectivity index (χ0) is 13.5. The van der Waals surface area contributed by atoms with Crippen LogP contribution in [-0.4, -0.2) is 32.2 Å². The van der Waals surface area contributed by atoms with E-state index in [9.17, 15) is 4.79 Å². The van der Waals surface area contributed by atoms with E-state index in [0.717, 1.165) is 43.9 Å². The van der Waals surface area contributed by atoms with E-state index in [2.05, 4.69) is 10.6 Å². The van der Waals surface area contributed by atoms with Crippen LogP contribution in [0.1, 0.15) is 18.4 Å². The second-order valence-corrected chi connectivity index (χ2v) is 5.11. The van der Waals surface area contributed by atoms with Crippen LogP contribution in [0.15, 0.2) is 24.3 Å². The van der Waals surface area contributed by atoms with Crippen molar-refractivity contribution in [3.63, 3.8) is 0 Å². The molecule has 1 fully saturated rings. The summed E-state index contributed by atoms with van der Waals surface area (Å²) in [6.45, 7) is 5.00. The van der Waals surface area contributed by atoms with Gasteiger partial charge in [-0.1, -0.05) is 12.1 Å². The third-order valence-electron chi connectivity index (χ3n) is 3.34. The number of nitrogens with one attached hydrogen (secondary N) is 2. The van der Waals surface area contributed by atoms with Gasteiger partial charge in [0.2, 0.25) is 5.91 Å². The number of carbonyl (C=O) groups excluding carboxylic acids is 1. The minimum Gasteiger partial charge on any atom is -0.381 e. The first-order valence-electron chi connectivity index (χ1n) is 6.89. The summed E-state index contributed by atoms with van der Waals surface area (Å²) in [6.07, 6.45) is 2.23. The fourth-order valence-electron chi connectivity index (χ4n) is 2.25. The number of hydrogen-bond donors (Lipinski definition) is 2. The second kappa shape index (κ2) is 7.26. The average molecular weight is 262 g/mol. The third-order valence-corrected chi connectivity index (χ3v) is 3.34. The van der Waals surface area contributed by atoms with E-state index >= 15 is 0 Å². The zero-order valence-electron chi connectivity index (χ0n) is 11.4. The van der Waals surface area contributed by atoms with Crippen LogP contribution >= 0.6 is 0 Å². The molecular weight excluding hydrogens is 240 g/mol. The Balaban J connectivity index is 1.61. The highest BCUT2D eigenvalue weighted by Crippen LogP contribution is 2.15. The van der Waals surface area contributed by atoms with Gasteiger partial charge in [-0.25, -0.2) is 0 Å². The normalized spacial score (nSPS) is 18.5. The lowest BCUT2D eigenvalue weighted by atomic mass is 10.1. The number of hydrogen-bond acceptors (Lipinski definition) is 3. The highest BCUT2D eigenvalue weighted by Gasteiger charge is 2.14. The molecule has 1 aromatic rings. The van der Waals surface area contributed by atoms with Gasteiger partial charge in [-0.2, -0.15) is 0 Å². The van der Waals surface area contributed by atoms with Gasteiger partial charge in [0, 0.05) is 18.9 Å². The Labute approximate surface area is 114 Å². The molecule has 1 atom stereocenters. The van der Waals surface area contributed by atoms with Gasteiger partial charge in [0.15, 0.2) is 0 Å². The molecule has 104 valence electrons. The number of carbonyl (C=O) groups is 1. The largest absolute Gasteiger partial charge is 0.381 e. The molecule has 2 N–H and O–H groups in total.